The highest BCUT2D eigenvalue weighted by atomic mass is 32.2. The van der Waals surface area contributed by atoms with Crippen molar-refractivity contribution in [3.8, 4) is 0 Å². The number of nitrogens with two attached hydrogens (primary N) is 1. The van der Waals surface area contributed by atoms with Gasteiger partial charge in [0.05, 0.1) is 0 Å². The van der Waals surface area contributed by atoms with Crippen LogP contribution in [0.2, 0.25) is 0 Å². The molecule has 1 rings (SSSR count). The molecule has 0 aliphatic heterocycles. The number of rotatable bonds is 5. The van der Waals surface area contributed by atoms with E-state index in [0.29, 0.717) is 0 Å². The summed E-state index contributed by atoms with van der Waals surface area (Å²) < 4.78 is 54.1. The normalized spacial score (nSPS) is 12.7. The van der Waals surface area contributed by atoms with Crippen LogP contribution < -0.4 is 5.73 Å². The molecule has 0 radical (unpaired) electrons. The standard InChI is InChI=1S/C14H20F2N2O2S/c1-5-8-18(14(2,3)4)21(19,20)12-7-6-11(15)10(9-17)13(12)16/h5-7H,1,8-9,17H2,2-4H3. The third-order valence-electron chi connectivity index (χ3n) is 2.97. The van der Waals surface area contributed by atoms with Gasteiger partial charge in [0, 0.05) is 24.2 Å². The predicted molar refractivity (Wildman–Crippen MR) is 78.1 cm³/mol. The van der Waals surface area contributed by atoms with Crippen LogP contribution >= 0.6 is 0 Å². The maximum Gasteiger partial charge on any atom is 0.246 e. The zero-order chi connectivity index (χ0) is 16.4. The van der Waals surface area contributed by atoms with Crippen molar-refractivity contribution in [2.75, 3.05) is 6.54 Å². The minimum absolute atomic E-state index is 0.0145. The van der Waals surface area contributed by atoms with Crippen LogP contribution in [-0.2, 0) is 16.6 Å². The second kappa shape index (κ2) is 6.21. The fraction of sp³-hybridized carbons (Fsp3) is 0.429. The Bertz CT molecular complexity index is 637. The van der Waals surface area contributed by atoms with Crippen molar-refractivity contribution in [1.29, 1.82) is 0 Å². The number of sulfonamides is 1. The van der Waals surface area contributed by atoms with Crippen LogP contribution in [0.1, 0.15) is 26.3 Å². The zero-order valence-electron chi connectivity index (χ0n) is 12.4. The Morgan fingerprint density at radius 1 is 1.33 bits per heavy atom. The van der Waals surface area contributed by atoms with Gasteiger partial charge >= 0.3 is 0 Å². The summed E-state index contributed by atoms with van der Waals surface area (Å²) in [6, 6.07) is 1.83. The van der Waals surface area contributed by atoms with Crippen molar-refractivity contribution in [3.05, 3.63) is 42.0 Å². The van der Waals surface area contributed by atoms with Crippen LogP contribution in [0.15, 0.2) is 29.7 Å². The Hall–Kier alpha value is -1.31. The summed E-state index contributed by atoms with van der Waals surface area (Å²) in [7, 11) is -4.14. The van der Waals surface area contributed by atoms with Gasteiger partial charge in [-0.2, -0.15) is 4.31 Å². The van der Waals surface area contributed by atoms with E-state index in [9.17, 15) is 17.2 Å². The average molecular weight is 318 g/mol. The van der Waals surface area contributed by atoms with Gasteiger partial charge in [-0.15, -0.1) is 6.58 Å². The first kappa shape index (κ1) is 17.7. The van der Waals surface area contributed by atoms with E-state index in [2.05, 4.69) is 6.58 Å². The van der Waals surface area contributed by atoms with Crippen LogP contribution in [0.3, 0.4) is 0 Å². The van der Waals surface area contributed by atoms with E-state index in [1.807, 2.05) is 0 Å². The molecule has 7 heteroatoms. The monoisotopic (exact) mass is 318 g/mol. The number of halogens is 2. The van der Waals surface area contributed by atoms with E-state index in [1.165, 1.54) is 6.08 Å². The van der Waals surface area contributed by atoms with Crippen LogP contribution in [0.5, 0.6) is 0 Å². The molecule has 0 aromatic heterocycles. The van der Waals surface area contributed by atoms with Crippen molar-refractivity contribution >= 4 is 10.0 Å². The fourth-order valence-electron chi connectivity index (χ4n) is 1.93. The molecule has 2 N–H and O–H groups in total. The Kier molecular flexibility index (Phi) is 5.25. The molecule has 0 aliphatic carbocycles. The summed E-state index contributed by atoms with van der Waals surface area (Å²) in [4.78, 5) is -0.582. The Morgan fingerprint density at radius 2 is 1.90 bits per heavy atom. The molecule has 0 aliphatic rings. The summed E-state index contributed by atoms with van der Waals surface area (Å²) in [5, 5.41) is 0. The van der Waals surface area contributed by atoms with E-state index < -0.39 is 44.2 Å². The first-order chi connectivity index (χ1) is 9.57. The summed E-state index contributed by atoms with van der Waals surface area (Å²) in [5.74, 6) is -2.00. The van der Waals surface area contributed by atoms with Crippen LogP contribution in [0.25, 0.3) is 0 Å². The molecule has 0 unspecified atom stereocenters. The lowest BCUT2D eigenvalue weighted by atomic mass is 10.1. The minimum atomic E-state index is -4.14. The highest BCUT2D eigenvalue weighted by molar-refractivity contribution is 7.89. The first-order valence-corrected chi connectivity index (χ1v) is 7.82. The molecule has 4 nitrogen and oxygen atoms in total. The maximum atomic E-state index is 14.3. The highest BCUT2D eigenvalue weighted by Crippen LogP contribution is 2.28. The molecule has 0 amide bonds. The second-order valence-corrected chi connectivity index (χ2v) is 7.37. The first-order valence-electron chi connectivity index (χ1n) is 6.38. The van der Waals surface area contributed by atoms with E-state index in [-0.39, 0.29) is 6.54 Å². The molecule has 0 spiro atoms. The van der Waals surface area contributed by atoms with Gasteiger partial charge in [0.15, 0.2) is 5.82 Å². The van der Waals surface area contributed by atoms with Gasteiger partial charge in [-0.25, -0.2) is 17.2 Å². The molecule has 1 aromatic carbocycles. The third kappa shape index (κ3) is 3.48. The number of hydrogen-bond donors (Lipinski definition) is 1. The van der Waals surface area contributed by atoms with Crippen LogP contribution in [0.4, 0.5) is 8.78 Å². The summed E-state index contributed by atoms with van der Waals surface area (Å²) >= 11 is 0. The number of hydrogen-bond acceptors (Lipinski definition) is 3. The Balaban J connectivity index is 3.53. The topological polar surface area (TPSA) is 63.4 Å². The van der Waals surface area contributed by atoms with E-state index >= 15 is 0 Å². The Labute approximate surface area is 124 Å². The van der Waals surface area contributed by atoms with E-state index in [0.717, 1.165) is 16.4 Å². The number of benzene rings is 1. The van der Waals surface area contributed by atoms with Crippen molar-refractivity contribution < 1.29 is 17.2 Å². The van der Waals surface area contributed by atoms with Gasteiger partial charge < -0.3 is 5.73 Å². The van der Waals surface area contributed by atoms with Crippen molar-refractivity contribution in [2.24, 2.45) is 5.73 Å². The molecule has 0 saturated carbocycles. The highest BCUT2D eigenvalue weighted by Gasteiger charge is 2.35. The summed E-state index contributed by atoms with van der Waals surface area (Å²) in [6.07, 6.45) is 1.41. The van der Waals surface area contributed by atoms with Gasteiger partial charge in [-0.05, 0) is 32.9 Å². The lowest BCUT2D eigenvalue weighted by Gasteiger charge is -2.33. The van der Waals surface area contributed by atoms with Gasteiger partial charge in [-0.3, -0.25) is 0 Å². The van der Waals surface area contributed by atoms with Crippen LogP contribution in [-0.4, -0.2) is 24.8 Å². The average Bonchev–Trinajstić information content (AvgIpc) is 2.34. The molecule has 0 fully saturated rings. The third-order valence-corrected chi connectivity index (χ3v) is 5.11. The smallest absolute Gasteiger partial charge is 0.246 e. The van der Waals surface area contributed by atoms with Gasteiger partial charge in [0.1, 0.15) is 10.7 Å². The SMILES string of the molecule is C=CCN(C(C)(C)C)S(=O)(=O)c1ccc(F)c(CN)c1F. The molecule has 118 valence electrons. The zero-order valence-corrected chi connectivity index (χ0v) is 13.2. The second-order valence-electron chi connectivity index (χ2n) is 5.54. The fourth-order valence-corrected chi connectivity index (χ4v) is 3.78. The molecule has 0 heterocycles. The molecule has 21 heavy (non-hydrogen) atoms. The van der Waals surface area contributed by atoms with E-state index in [4.69, 9.17) is 5.73 Å². The predicted octanol–water partition coefficient (Wildman–Crippen LogP) is 2.40. The van der Waals surface area contributed by atoms with Gasteiger partial charge in [0.25, 0.3) is 0 Å². The van der Waals surface area contributed by atoms with Crippen molar-refractivity contribution in [3.63, 3.8) is 0 Å². The molecule has 1 aromatic rings. The van der Waals surface area contributed by atoms with Gasteiger partial charge in [-0.1, -0.05) is 6.08 Å². The minimum Gasteiger partial charge on any atom is -0.326 e. The summed E-state index contributed by atoms with van der Waals surface area (Å²) in [5.41, 5.74) is 4.06. The maximum absolute atomic E-state index is 14.3. The molecular weight excluding hydrogens is 298 g/mol. The molecule has 0 bridgehead atoms. The number of nitrogens with zero attached hydrogens (tertiary/aromatic N) is 1. The molecular formula is C14H20F2N2O2S. The van der Waals surface area contributed by atoms with Crippen LogP contribution in [0, 0.1) is 11.6 Å². The van der Waals surface area contributed by atoms with Gasteiger partial charge in [0.2, 0.25) is 10.0 Å². The van der Waals surface area contributed by atoms with Crippen molar-refractivity contribution in [1.82, 2.24) is 4.31 Å². The molecule has 0 saturated heterocycles. The Morgan fingerprint density at radius 3 is 2.33 bits per heavy atom. The van der Waals surface area contributed by atoms with E-state index in [1.54, 1.807) is 20.8 Å². The van der Waals surface area contributed by atoms with Crippen molar-refractivity contribution in [2.45, 2.75) is 37.8 Å². The lowest BCUT2D eigenvalue weighted by molar-refractivity contribution is 0.269. The largest absolute Gasteiger partial charge is 0.326 e. The molecule has 0 atom stereocenters. The summed E-state index contributed by atoms with van der Waals surface area (Å²) in [6.45, 7) is 8.15. The lowest BCUT2D eigenvalue weighted by Crippen LogP contribution is -2.45. The quantitative estimate of drug-likeness (QED) is 0.848.